The lowest BCUT2D eigenvalue weighted by Gasteiger charge is -2.44. The Morgan fingerprint density at radius 2 is 2.03 bits per heavy atom. The fourth-order valence-corrected chi connectivity index (χ4v) is 4.94. The number of likely N-dealkylation sites (tertiary alicyclic amines) is 2. The van der Waals surface area contributed by atoms with Crippen molar-refractivity contribution in [1.29, 1.82) is 0 Å². The van der Waals surface area contributed by atoms with Crippen LogP contribution in [0.25, 0.3) is 0 Å². The summed E-state index contributed by atoms with van der Waals surface area (Å²) in [7, 11) is 1.67. The van der Waals surface area contributed by atoms with Gasteiger partial charge in [0, 0.05) is 19.5 Å². The smallest absolute Gasteiger partial charge is 0.272 e. The lowest BCUT2D eigenvalue weighted by Crippen LogP contribution is -2.63. The molecule has 7 heteroatoms. The first-order valence-electron chi connectivity index (χ1n) is 10.6. The summed E-state index contributed by atoms with van der Waals surface area (Å²) in [4.78, 5) is 22.5. The lowest BCUT2D eigenvalue weighted by atomic mass is 9.86. The number of methoxy groups -OCH3 is 1. The average Bonchev–Trinajstić information content (AvgIpc) is 3.49. The minimum absolute atomic E-state index is 0.150. The number of rotatable bonds is 5. The van der Waals surface area contributed by atoms with Crippen LogP contribution in [0.5, 0.6) is 5.75 Å². The number of amides is 1. The monoisotopic (exact) mass is 401 g/mol. The van der Waals surface area contributed by atoms with Crippen LogP contribution in [0.1, 0.15) is 37.7 Å². The van der Waals surface area contributed by atoms with Crippen LogP contribution in [0.3, 0.4) is 0 Å². The van der Waals surface area contributed by atoms with Gasteiger partial charge in [-0.15, -0.1) is 0 Å². The van der Waals surface area contributed by atoms with E-state index in [0.717, 1.165) is 51.1 Å². The van der Waals surface area contributed by atoms with E-state index in [1.807, 2.05) is 12.1 Å². The molecular weight excluding hydrogens is 373 g/mol. The van der Waals surface area contributed by atoms with E-state index in [2.05, 4.69) is 22.2 Å². The van der Waals surface area contributed by atoms with Crippen LogP contribution in [-0.4, -0.2) is 66.0 Å². The molecule has 156 valence electrons. The molecule has 0 aromatic heterocycles. The topological polar surface area (TPSA) is 54.4 Å². The molecule has 3 aliphatic heterocycles. The van der Waals surface area contributed by atoms with E-state index in [1.54, 1.807) is 12.0 Å². The van der Waals surface area contributed by atoms with Gasteiger partial charge in [0.05, 0.1) is 20.2 Å². The summed E-state index contributed by atoms with van der Waals surface area (Å²) >= 11 is 0. The van der Waals surface area contributed by atoms with E-state index in [0.29, 0.717) is 12.1 Å². The van der Waals surface area contributed by atoms with Crippen LogP contribution in [0.15, 0.2) is 29.4 Å². The number of nitrogens with zero attached hydrogens (tertiary/aromatic N) is 3. The number of hydrogen-bond donors (Lipinski definition) is 0. The highest BCUT2D eigenvalue weighted by Gasteiger charge is 2.56. The van der Waals surface area contributed by atoms with Gasteiger partial charge in [0.2, 0.25) is 0 Å². The molecule has 0 radical (unpaired) electrons. The molecule has 1 aromatic rings. The molecule has 1 atom stereocenters. The third kappa shape index (κ3) is 3.61. The van der Waals surface area contributed by atoms with Gasteiger partial charge in [-0.05, 0) is 55.8 Å². The van der Waals surface area contributed by atoms with E-state index in [-0.39, 0.29) is 24.9 Å². The van der Waals surface area contributed by atoms with Crippen LogP contribution in [-0.2, 0) is 16.2 Å². The predicted molar refractivity (Wildman–Crippen MR) is 107 cm³/mol. The van der Waals surface area contributed by atoms with E-state index in [1.165, 1.54) is 5.56 Å². The van der Waals surface area contributed by atoms with Gasteiger partial charge in [-0.3, -0.25) is 9.69 Å². The van der Waals surface area contributed by atoms with Gasteiger partial charge in [0.25, 0.3) is 5.91 Å². The zero-order valence-electron chi connectivity index (χ0n) is 16.9. The third-order valence-corrected chi connectivity index (χ3v) is 6.77. The molecule has 5 rings (SSSR count). The highest BCUT2D eigenvalue weighted by atomic mass is 19.1. The van der Waals surface area contributed by atoms with E-state index >= 15 is 0 Å². The van der Waals surface area contributed by atoms with Crippen molar-refractivity contribution in [2.45, 2.75) is 49.9 Å². The predicted octanol–water partition coefficient (Wildman–Crippen LogP) is 2.77. The number of piperidine rings is 1. The summed E-state index contributed by atoms with van der Waals surface area (Å²) in [5, 5.41) is 4.15. The Bertz CT molecular complexity index is 817. The van der Waals surface area contributed by atoms with E-state index < -0.39 is 11.3 Å². The standard InChI is InChI=1S/C22H28FN3O3/c1-28-18-7-3-16(4-8-18)12-25-10-2-9-21(13-25)11-19(24-29-21)20(27)26-14-22(23,15-26)17-5-6-17/h3-4,7-8,17H,2,5-6,9-15H2,1H3. The zero-order chi connectivity index (χ0) is 20.1. The summed E-state index contributed by atoms with van der Waals surface area (Å²) in [6.45, 7) is 3.00. The van der Waals surface area contributed by atoms with Crippen LogP contribution in [0, 0.1) is 5.92 Å². The van der Waals surface area contributed by atoms with Gasteiger partial charge >= 0.3 is 0 Å². The normalized spacial score (nSPS) is 28.6. The Morgan fingerprint density at radius 3 is 2.72 bits per heavy atom. The molecule has 1 spiro atoms. The Labute approximate surface area is 170 Å². The van der Waals surface area contributed by atoms with Crippen molar-refractivity contribution in [3.63, 3.8) is 0 Å². The molecule has 3 heterocycles. The zero-order valence-corrected chi connectivity index (χ0v) is 16.9. The van der Waals surface area contributed by atoms with Crippen LogP contribution in [0.2, 0.25) is 0 Å². The molecule has 4 aliphatic rings. The Morgan fingerprint density at radius 1 is 1.28 bits per heavy atom. The number of carbonyl (C=O) groups is 1. The maximum absolute atomic E-state index is 14.6. The molecule has 1 unspecified atom stereocenters. The second-order valence-electron chi connectivity index (χ2n) is 9.12. The van der Waals surface area contributed by atoms with Crippen LogP contribution in [0.4, 0.5) is 4.39 Å². The second kappa shape index (κ2) is 6.97. The maximum atomic E-state index is 14.6. The van der Waals surface area contributed by atoms with Crippen molar-refractivity contribution in [2.75, 3.05) is 33.3 Å². The van der Waals surface area contributed by atoms with Crippen LogP contribution < -0.4 is 4.74 Å². The van der Waals surface area contributed by atoms with E-state index in [9.17, 15) is 9.18 Å². The molecular formula is C22H28FN3O3. The Kier molecular flexibility index (Phi) is 4.53. The summed E-state index contributed by atoms with van der Waals surface area (Å²) in [6.07, 6.45) is 4.32. The minimum atomic E-state index is -1.16. The number of halogens is 1. The first-order chi connectivity index (χ1) is 14.0. The van der Waals surface area contributed by atoms with Crippen molar-refractivity contribution in [1.82, 2.24) is 9.80 Å². The molecule has 3 fully saturated rings. The largest absolute Gasteiger partial charge is 0.497 e. The molecule has 0 bridgehead atoms. The quantitative estimate of drug-likeness (QED) is 0.761. The van der Waals surface area contributed by atoms with Crippen molar-refractivity contribution in [3.05, 3.63) is 29.8 Å². The number of hydrogen-bond acceptors (Lipinski definition) is 5. The van der Waals surface area contributed by atoms with Gasteiger partial charge in [-0.1, -0.05) is 17.3 Å². The SMILES string of the molecule is COc1ccc(CN2CCCC3(CC(C(=O)N4CC(F)(C5CC5)C4)=NO3)C2)cc1. The second-order valence-corrected chi connectivity index (χ2v) is 9.12. The summed E-state index contributed by atoms with van der Waals surface area (Å²) in [5.41, 5.74) is 0.0872. The number of benzene rings is 1. The van der Waals surface area contributed by atoms with Crippen molar-refractivity contribution in [2.24, 2.45) is 11.1 Å². The third-order valence-electron chi connectivity index (χ3n) is 6.77. The van der Waals surface area contributed by atoms with Gasteiger partial charge in [-0.25, -0.2) is 4.39 Å². The number of ether oxygens (including phenoxy) is 1. The number of oxime groups is 1. The fraction of sp³-hybridized carbons (Fsp3) is 0.636. The minimum Gasteiger partial charge on any atom is -0.497 e. The highest BCUT2D eigenvalue weighted by molar-refractivity contribution is 6.39. The molecule has 6 nitrogen and oxygen atoms in total. The van der Waals surface area contributed by atoms with Crippen molar-refractivity contribution in [3.8, 4) is 5.75 Å². The summed E-state index contributed by atoms with van der Waals surface area (Å²) < 4.78 is 19.8. The highest BCUT2D eigenvalue weighted by Crippen LogP contribution is 2.47. The molecule has 29 heavy (non-hydrogen) atoms. The number of alkyl halides is 1. The molecule has 1 amide bonds. The Balaban J connectivity index is 1.17. The lowest BCUT2D eigenvalue weighted by molar-refractivity contribution is -0.139. The molecule has 0 N–H and O–H groups in total. The summed E-state index contributed by atoms with van der Waals surface area (Å²) in [5.74, 6) is 0.858. The fourth-order valence-electron chi connectivity index (χ4n) is 4.94. The van der Waals surface area contributed by atoms with Gasteiger partial charge in [-0.2, -0.15) is 0 Å². The molecule has 2 saturated heterocycles. The van der Waals surface area contributed by atoms with Crippen LogP contribution >= 0.6 is 0 Å². The number of carbonyl (C=O) groups excluding carboxylic acids is 1. The van der Waals surface area contributed by atoms with Crippen molar-refractivity contribution >= 4 is 11.6 Å². The molecule has 1 aliphatic carbocycles. The van der Waals surface area contributed by atoms with Crippen molar-refractivity contribution < 1.29 is 18.8 Å². The maximum Gasteiger partial charge on any atom is 0.272 e. The first kappa shape index (κ1) is 18.9. The van der Waals surface area contributed by atoms with Gasteiger partial charge in [0.1, 0.15) is 17.1 Å². The molecule has 1 saturated carbocycles. The average molecular weight is 401 g/mol. The van der Waals surface area contributed by atoms with Gasteiger partial charge in [0.15, 0.2) is 5.60 Å². The van der Waals surface area contributed by atoms with E-state index in [4.69, 9.17) is 9.57 Å². The Hall–Kier alpha value is -2.15. The first-order valence-corrected chi connectivity index (χ1v) is 10.6. The summed E-state index contributed by atoms with van der Waals surface area (Å²) in [6, 6.07) is 8.10. The molecule has 1 aromatic carbocycles. The van der Waals surface area contributed by atoms with Gasteiger partial charge < -0.3 is 14.5 Å².